The lowest BCUT2D eigenvalue weighted by Crippen LogP contribution is -2.44. The maximum atomic E-state index is 11.6. The van der Waals surface area contributed by atoms with Gasteiger partial charge in [-0.05, 0) is 36.6 Å². The molecule has 2 N–H and O–H groups in total. The Morgan fingerprint density at radius 1 is 1.10 bits per heavy atom. The quantitative estimate of drug-likeness (QED) is 0.561. The molecule has 0 radical (unpaired) electrons. The first-order valence-corrected chi connectivity index (χ1v) is 11.8. The maximum absolute atomic E-state index is 11.6. The summed E-state index contributed by atoms with van der Waals surface area (Å²) in [6.07, 6.45) is 2.28. The molecule has 29 heavy (non-hydrogen) atoms. The van der Waals surface area contributed by atoms with Gasteiger partial charge in [-0.25, -0.2) is 8.42 Å². The summed E-state index contributed by atoms with van der Waals surface area (Å²) in [5, 5.41) is 6.84. The van der Waals surface area contributed by atoms with E-state index < -0.39 is 9.84 Å². The molecule has 0 aromatic heterocycles. The van der Waals surface area contributed by atoms with E-state index in [1.54, 1.807) is 19.2 Å². The van der Waals surface area contributed by atoms with E-state index in [1.807, 2.05) is 18.2 Å². The van der Waals surface area contributed by atoms with Crippen LogP contribution in [0.3, 0.4) is 0 Å². The van der Waals surface area contributed by atoms with Crippen molar-refractivity contribution in [3.8, 4) is 0 Å². The van der Waals surface area contributed by atoms with Gasteiger partial charge in [-0.3, -0.25) is 9.89 Å². The van der Waals surface area contributed by atoms with Gasteiger partial charge < -0.3 is 10.6 Å². The molecule has 1 heterocycles. The fourth-order valence-electron chi connectivity index (χ4n) is 3.67. The molecular weight excluding hydrogens is 384 g/mol. The van der Waals surface area contributed by atoms with Crippen LogP contribution in [0.2, 0.25) is 0 Å². The van der Waals surface area contributed by atoms with Gasteiger partial charge in [0.1, 0.15) is 0 Å². The number of sulfone groups is 1. The van der Waals surface area contributed by atoms with E-state index >= 15 is 0 Å². The zero-order chi connectivity index (χ0) is 20.9. The minimum atomic E-state index is -3.17. The second kappa shape index (κ2) is 9.41. The summed E-state index contributed by atoms with van der Waals surface area (Å²) in [5.74, 6) is 0.760. The van der Waals surface area contributed by atoms with E-state index in [1.165, 1.54) is 11.8 Å². The molecule has 1 fully saturated rings. The Labute approximate surface area is 174 Å². The molecule has 156 valence electrons. The summed E-state index contributed by atoms with van der Waals surface area (Å²) >= 11 is 0. The van der Waals surface area contributed by atoms with Crippen LogP contribution in [0.5, 0.6) is 0 Å². The van der Waals surface area contributed by atoms with Gasteiger partial charge >= 0.3 is 0 Å². The SMILES string of the molecule is CN=C(NCc1ccc(S(C)(=O)=O)cc1)NC1CC(C)N(Cc2ccccc2)C1. The van der Waals surface area contributed by atoms with Gasteiger partial charge in [0.15, 0.2) is 15.8 Å². The molecule has 0 bridgehead atoms. The summed E-state index contributed by atoms with van der Waals surface area (Å²) in [6.45, 7) is 4.78. The van der Waals surface area contributed by atoms with E-state index in [9.17, 15) is 8.42 Å². The Bertz CT molecular complexity index is 927. The third kappa shape index (κ3) is 6.05. The molecule has 0 spiro atoms. The number of aliphatic imine (C=N–C) groups is 1. The molecule has 7 heteroatoms. The summed E-state index contributed by atoms with van der Waals surface area (Å²) in [4.78, 5) is 7.16. The molecule has 0 saturated carbocycles. The molecule has 2 aromatic carbocycles. The highest BCUT2D eigenvalue weighted by molar-refractivity contribution is 7.90. The largest absolute Gasteiger partial charge is 0.352 e. The normalized spacial score (nSPS) is 20.6. The topological polar surface area (TPSA) is 73.8 Å². The lowest BCUT2D eigenvalue weighted by atomic mass is 10.2. The van der Waals surface area contributed by atoms with Crippen LogP contribution >= 0.6 is 0 Å². The average Bonchev–Trinajstić information content (AvgIpc) is 3.04. The van der Waals surface area contributed by atoms with Crippen LogP contribution in [0.25, 0.3) is 0 Å². The van der Waals surface area contributed by atoms with Gasteiger partial charge in [0, 0.05) is 45.0 Å². The highest BCUT2D eigenvalue weighted by Gasteiger charge is 2.29. The predicted octanol–water partition coefficient (Wildman–Crippen LogP) is 2.42. The summed E-state index contributed by atoms with van der Waals surface area (Å²) in [5.41, 5.74) is 2.34. The van der Waals surface area contributed by atoms with Crippen molar-refractivity contribution in [2.24, 2.45) is 4.99 Å². The Morgan fingerprint density at radius 2 is 1.79 bits per heavy atom. The smallest absolute Gasteiger partial charge is 0.191 e. The highest BCUT2D eigenvalue weighted by atomic mass is 32.2. The van der Waals surface area contributed by atoms with Crippen molar-refractivity contribution in [1.82, 2.24) is 15.5 Å². The number of nitrogens with zero attached hydrogens (tertiary/aromatic N) is 2. The van der Waals surface area contributed by atoms with Crippen LogP contribution in [-0.4, -0.2) is 51.2 Å². The molecule has 1 saturated heterocycles. The second-order valence-electron chi connectivity index (χ2n) is 7.68. The average molecular weight is 415 g/mol. The number of hydrogen-bond donors (Lipinski definition) is 2. The standard InChI is InChI=1S/C22H30N4O2S/c1-17-13-20(16-26(17)15-19-7-5-4-6-8-19)25-22(23-2)24-14-18-9-11-21(12-10-18)29(3,27)28/h4-12,17,20H,13-16H2,1-3H3,(H2,23,24,25). The number of nitrogens with one attached hydrogen (secondary N) is 2. The first kappa shape index (κ1) is 21.3. The molecule has 2 atom stereocenters. The van der Waals surface area contributed by atoms with Gasteiger partial charge in [0.05, 0.1) is 4.90 Å². The zero-order valence-electron chi connectivity index (χ0n) is 17.3. The van der Waals surface area contributed by atoms with Crippen LogP contribution in [0, 0.1) is 0 Å². The number of rotatable bonds is 6. The molecule has 1 aliphatic heterocycles. The van der Waals surface area contributed by atoms with E-state index in [2.05, 4.69) is 51.7 Å². The van der Waals surface area contributed by atoms with E-state index in [4.69, 9.17) is 0 Å². The van der Waals surface area contributed by atoms with Gasteiger partial charge in [-0.2, -0.15) is 0 Å². The molecule has 6 nitrogen and oxygen atoms in total. The van der Waals surface area contributed by atoms with E-state index in [-0.39, 0.29) is 0 Å². The third-order valence-corrected chi connectivity index (χ3v) is 6.44. The van der Waals surface area contributed by atoms with Gasteiger partial charge in [0.25, 0.3) is 0 Å². The van der Waals surface area contributed by atoms with Crippen molar-refractivity contribution in [2.45, 2.75) is 43.4 Å². The van der Waals surface area contributed by atoms with Crippen LogP contribution in [0.15, 0.2) is 64.5 Å². The summed E-state index contributed by atoms with van der Waals surface area (Å²) < 4.78 is 23.1. The molecule has 2 aromatic rings. The Hall–Kier alpha value is -2.38. The molecule has 2 unspecified atom stereocenters. The molecular formula is C22H30N4O2S. The van der Waals surface area contributed by atoms with Crippen LogP contribution < -0.4 is 10.6 Å². The fourth-order valence-corrected chi connectivity index (χ4v) is 4.30. The fraction of sp³-hybridized carbons (Fsp3) is 0.409. The minimum Gasteiger partial charge on any atom is -0.352 e. The van der Waals surface area contributed by atoms with Gasteiger partial charge in [0.2, 0.25) is 0 Å². The lowest BCUT2D eigenvalue weighted by Gasteiger charge is -2.21. The number of hydrogen-bond acceptors (Lipinski definition) is 4. The summed E-state index contributed by atoms with van der Waals surface area (Å²) in [7, 11) is -1.40. The van der Waals surface area contributed by atoms with E-state index in [0.29, 0.717) is 23.5 Å². The second-order valence-corrected chi connectivity index (χ2v) is 9.70. The summed E-state index contributed by atoms with van der Waals surface area (Å²) in [6, 6.07) is 18.3. The van der Waals surface area contributed by atoms with Crippen molar-refractivity contribution in [1.29, 1.82) is 0 Å². The number of likely N-dealkylation sites (tertiary alicyclic amines) is 1. The lowest BCUT2D eigenvalue weighted by molar-refractivity contribution is 0.258. The molecule has 0 aliphatic carbocycles. The maximum Gasteiger partial charge on any atom is 0.191 e. The minimum absolute atomic E-state index is 0.335. The van der Waals surface area contributed by atoms with Crippen molar-refractivity contribution >= 4 is 15.8 Å². The Kier molecular flexibility index (Phi) is 6.92. The van der Waals surface area contributed by atoms with Crippen molar-refractivity contribution in [2.75, 3.05) is 19.8 Å². The third-order valence-electron chi connectivity index (χ3n) is 5.31. The Morgan fingerprint density at radius 3 is 2.41 bits per heavy atom. The zero-order valence-corrected chi connectivity index (χ0v) is 18.1. The van der Waals surface area contributed by atoms with Crippen LogP contribution in [-0.2, 0) is 22.9 Å². The number of benzene rings is 2. The first-order valence-electron chi connectivity index (χ1n) is 9.89. The van der Waals surface area contributed by atoms with Gasteiger partial charge in [-0.15, -0.1) is 0 Å². The Balaban J connectivity index is 1.51. The predicted molar refractivity (Wildman–Crippen MR) is 118 cm³/mol. The molecule has 0 amide bonds. The molecule has 3 rings (SSSR count). The van der Waals surface area contributed by atoms with Crippen molar-refractivity contribution in [3.63, 3.8) is 0 Å². The first-order chi connectivity index (χ1) is 13.8. The number of guanidine groups is 1. The van der Waals surface area contributed by atoms with Gasteiger partial charge in [-0.1, -0.05) is 42.5 Å². The van der Waals surface area contributed by atoms with Crippen molar-refractivity contribution in [3.05, 3.63) is 65.7 Å². The van der Waals surface area contributed by atoms with E-state index in [0.717, 1.165) is 31.0 Å². The molecule has 1 aliphatic rings. The highest BCUT2D eigenvalue weighted by Crippen LogP contribution is 2.20. The van der Waals surface area contributed by atoms with Crippen LogP contribution in [0.1, 0.15) is 24.5 Å². The van der Waals surface area contributed by atoms with Crippen molar-refractivity contribution < 1.29 is 8.42 Å². The monoisotopic (exact) mass is 414 g/mol. The van der Waals surface area contributed by atoms with Crippen LogP contribution in [0.4, 0.5) is 0 Å².